The monoisotopic (exact) mass is 590 g/mol. The molecule has 228 valence electrons. The van der Waals surface area contributed by atoms with Crippen molar-refractivity contribution in [3.8, 4) is 23.3 Å². The summed E-state index contributed by atoms with van der Waals surface area (Å²) in [5, 5.41) is 38.7. The molecule has 12 nitrogen and oxygen atoms in total. The van der Waals surface area contributed by atoms with E-state index in [1.807, 2.05) is 39.8 Å². The Morgan fingerprint density at radius 1 is 0.721 bits per heavy atom. The first-order chi connectivity index (χ1) is 20.5. The molecule has 0 unspecified atom stereocenters. The molecule has 2 amide bonds. The highest BCUT2D eigenvalue weighted by atomic mass is 16.5. The zero-order chi connectivity index (χ0) is 31.3. The molecule has 4 rings (SSSR count). The normalized spacial score (nSPS) is 12.1. The lowest BCUT2D eigenvalue weighted by Crippen LogP contribution is -2.03. The molecule has 0 aliphatic rings. The minimum Gasteiger partial charge on any atom is -0.497 e. The highest BCUT2D eigenvalue weighted by Gasteiger charge is 2.20. The highest BCUT2D eigenvalue weighted by molar-refractivity contribution is 5.97. The van der Waals surface area contributed by atoms with Crippen LogP contribution in [0.3, 0.4) is 0 Å². The van der Waals surface area contributed by atoms with E-state index in [0.717, 1.165) is 11.0 Å². The Kier molecular flexibility index (Phi) is 9.79. The number of aromatic nitrogens is 2. The van der Waals surface area contributed by atoms with Crippen molar-refractivity contribution in [2.45, 2.75) is 60.0 Å². The molecule has 0 bridgehead atoms. The van der Waals surface area contributed by atoms with E-state index < -0.39 is 11.8 Å². The lowest BCUT2D eigenvalue weighted by atomic mass is 10.2. The van der Waals surface area contributed by atoms with Crippen molar-refractivity contribution in [1.82, 2.24) is 9.13 Å². The molecule has 0 radical (unpaired) electrons. The first-order valence-corrected chi connectivity index (χ1v) is 14.2. The molecule has 4 aromatic rings. The second-order valence-corrected chi connectivity index (χ2v) is 11.2. The summed E-state index contributed by atoms with van der Waals surface area (Å²) in [6.07, 6.45) is 0.0881. The predicted octanol–water partition coefficient (Wildman–Crippen LogP) is 7.43. The van der Waals surface area contributed by atoms with Gasteiger partial charge in [-0.2, -0.15) is 0 Å². The summed E-state index contributed by atoms with van der Waals surface area (Å²) >= 11 is 0. The van der Waals surface area contributed by atoms with Crippen LogP contribution in [0.25, 0.3) is 21.8 Å². The molecule has 0 saturated heterocycles. The Hall–Kier alpha value is -4.74. The van der Waals surface area contributed by atoms with Crippen LogP contribution in [0, 0.1) is 11.8 Å². The highest BCUT2D eigenvalue weighted by Crippen LogP contribution is 2.42. The smallest absolute Gasteiger partial charge is 0.264 e. The largest absolute Gasteiger partial charge is 0.497 e. The summed E-state index contributed by atoms with van der Waals surface area (Å²) in [6, 6.07) is 10.7. The number of fused-ring (bicyclic) bond motifs is 2. The maximum Gasteiger partial charge on any atom is 0.264 e. The zero-order valence-electron chi connectivity index (χ0n) is 25.4. The number of carbonyl (C=O) groups excluding carboxylic acids is 2. The van der Waals surface area contributed by atoms with Crippen LogP contribution in [0.1, 0.15) is 47.0 Å². The fraction of sp³-hybridized carbons (Fsp3) is 0.419. The van der Waals surface area contributed by atoms with Gasteiger partial charge in [-0.05, 0) is 54.7 Å². The van der Waals surface area contributed by atoms with E-state index in [4.69, 9.17) is 9.47 Å². The third kappa shape index (κ3) is 7.02. The van der Waals surface area contributed by atoms with E-state index in [1.165, 1.54) is 0 Å². The number of rotatable bonds is 12. The van der Waals surface area contributed by atoms with Gasteiger partial charge in [0.15, 0.2) is 11.4 Å². The number of ether oxygens (including phenoxy) is 2. The number of hydrogen-bond donors (Lipinski definition) is 2. The summed E-state index contributed by atoms with van der Waals surface area (Å²) in [5.41, 5.74) is 1.86. The summed E-state index contributed by atoms with van der Waals surface area (Å²) in [7, 11) is 3.09. The van der Waals surface area contributed by atoms with Crippen LogP contribution in [0.2, 0.25) is 0 Å². The molecule has 0 spiro atoms. The Morgan fingerprint density at radius 2 is 1.12 bits per heavy atom. The van der Waals surface area contributed by atoms with Gasteiger partial charge < -0.3 is 28.8 Å². The van der Waals surface area contributed by atoms with Gasteiger partial charge in [-0.1, -0.05) is 27.7 Å². The molecule has 2 aromatic heterocycles. The van der Waals surface area contributed by atoms with Gasteiger partial charge in [0.05, 0.1) is 25.3 Å². The van der Waals surface area contributed by atoms with Gasteiger partial charge in [0, 0.05) is 36.7 Å². The third-order valence-corrected chi connectivity index (χ3v) is 6.83. The van der Waals surface area contributed by atoms with Crippen LogP contribution < -0.4 is 9.47 Å². The number of nitrogens with zero attached hydrogens (tertiary/aromatic N) is 6. The predicted molar refractivity (Wildman–Crippen MR) is 163 cm³/mol. The van der Waals surface area contributed by atoms with Gasteiger partial charge in [0.2, 0.25) is 11.8 Å². The Labute approximate surface area is 249 Å². The Bertz CT molecular complexity index is 1570. The molecule has 0 atom stereocenters. The van der Waals surface area contributed by atoms with Crippen molar-refractivity contribution in [3.63, 3.8) is 0 Å². The lowest BCUT2D eigenvalue weighted by molar-refractivity contribution is -0.119. The summed E-state index contributed by atoms with van der Waals surface area (Å²) in [4.78, 5) is 25.0. The van der Waals surface area contributed by atoms with Crippen molar-refractivity contribution in [2.24, 2.45) is 32.3 Å². The summed E-state index contributed by atoms with van der Waals surface area (Å²) in [5.74, 6) is 0.435. The van der Waals surface area contributed by atoms with Gasteiger partial charge in [0.1, 0.15) is 11.5 Å². The molecule has 0 aliphatic heterocycles. The zero-order valence-corrected chi connectivity index (χ0v) is 25.4. The van der Waals surface area contributed by atoms with E-state index in [2.05, 4.69) is 20.5 Å². The third-order valence-electron chi connectivity index (χ3n) is 6.83. The van der Waals surface area contributed by atoms with E-state index in [1.54, 1.807) is 47.6 Å². The van der Waals surface area contributed by atoms with Gasteiger partial charge in [-0.25, -0.2) is 0 Å². The molecule has 12 heteroatoms. The second-order valence-electron chi connectivity index (χ2n) is 11.2. The van der Waals surface area contributed by atoms with Crippen molar-refractivity contribution in [3.05, 3.63) is 36.4 Å². The standard InChI is InChI=1S/C31H38N6O6/c1-18(2)16-36-24-12-10-20(42-5)14-22(24)28(30(36)40)34-32-26(38)8-7-9-27(39)33-35-29-23-15-21(43-6)11-13-25(23)37(31(29)41)17-19(3)4/h10-15,18-19,40-41H,7-9,16-17H2,1-6H3. The molecule has 2 N–H and O–H groups in total. The number of carbonyl (C=O) groups is 2. The quantitative estimate of drug-likeness (QED) is 0.164. The van der Waals surface area contributed by atoms with Gasteiger partial charge >= 0.3 is 0 Å². The topological polar surface area (TPSA) is 152 Å². The van der Waals surface area contributed by atoms with Gasteiger partial charge in [0.25, 0.3) is 11.8 Å². The molecule has 43 heavy (non-hydrogen) atoms. The molecule has 0 aliphatic carbocycles. The summed E-state index contributed by atoms with van der Waals surface area (Å²) < 4.78 is 14.1. The fourth-order valence-electron chi connectivity index (χ4n) is 4.86. The molecule has 0 saturated carbocycles. The van der Waals surface area contributed by atoms with E-state index in [0.29, 0.717) is 35.4 Å². The first-order valence-electron chi connectivity index (χ1n) is 14.2. The molecular weight excluding hydrogens is 552 g/mol. The van der Waals surface area contributed by atoms with Crippen LogP contribution in [0.15, 0.2) is 56.9 Å². The Balaban J connectivity index is 1.43. The van der Waals surface area contributed by atoms with Crippen LogP contribution in [0.4, 0.5) is 11.4 Å². The SMILES string of the molecule is COc1ccc2c(c1)c(N=NC(=O)CCCC(=O)N=Nc1c(O)n(CC(C)C)c3ccc(OC)cc13)c(O)n2CC(C)C. The van der Waals surface area contributed by atoms with Crippen LogP contribution >= 0.6 is 0 Å². The molecule has 0 fully saturated rings. The van der Waals surface area contributed by atoms with Crippen molar-refractivity contribution in [1.29, 1.82) is 0 Å². The number of aromatic hydroxyl groups is 2. The summed E-state index contributed by atoms with van der Waals surface area (Å²) in [6.45, 7) is 9.24. The number of methoxy groups -OCH3 is 2. The van der Waals surface area contributed by atoms with Crippen LogP contribution in [0.5, 0.6) is 23.3 Å². The Morgan fingerprint density at radius 3 is 1.47 bits per heavy atom. The van der Waals surface area contributed by atoms with Gasteiger partial charge in [-0.3, -0.25) is 9.59 Å². The average Bonchev–Trinajstić information content (AvgIpc) is 3.38. The number of amides is 2. The maximum absolute atomic E-state index is 12.5. The minimum atomic E-state index is -0.543. The molecular formula is C31H38N6O6. The van der Waals surface area contributed by atoms with E-state index in [9.17, 15) is 19.8 Å². The average molecular weight is 591 g/mol. The number of azo groups is 2. The number of hydrogen-bond acceptors (Lipinski definition) is 8. The van der Waals surface area contributed by atoms with Crippen molar-refractivity contribution >= 4 is 45.0 Å². The van der Waals surface area contributed by atoms with Crippen LogP contribution in [-0.4, -0.2) is 45.4 Å². The number of benzene rings is 2. The second kappa shape index (κ2) is 13.5. The lowest BCUT2D eigenvalue weighted by Gasteiger charge is -2.09. The molecule has 2 heterocycles. The van der Waals surface area contributed by atoms with E-state index in [-0.39, 0.29) is 54.2 Å². The first kappa shape index (κ1) is 31.2. The van der Waals surface area contributed by atoms with E-state index >= 15 is 0 Å². The maximum atomic E-state index is 12.5. The van der Waals surface area contributed by atoms with Crippen molar-refractivity contribution < 1.29 is 29.3 Å². The minimum absolute atomic E-state index is 0.0460. The van der Waals surface area contributed by atoms with Crippen LogP contribution in [-0.2, 0) is 22.7 Å². The molecule has 2 aromatic carbocycles. The van der Waals surface area contributed by atoms with Gasteiger partial charge in [-0.15, -0.1) is 20.5 Å². The fourth-order valence-corrected chi connectivity index (χ4v) is 4.86. The van der Waals surface area contributed by atoms with Crippen molar-refractivity contribution in [2.75, 3.05) is 14.2 Å².